The van der Waals surface area contributed by atoms with Crippen LogP contribution in [-0.4, -0.2) is 53.9 Å². The van der Waals surface area contributed by atoms with Gasteiger partial charge in [-0.25, -0.2) is 4.79 Å². The van der Waals surface area contributed by atoms with Gasteiger partial charge in [-0.05, 0) is 18.9 Å². The molecule has 1 aliphatic carbocycles. The van der Waals surface area contributed by atoms with E-state index in [0.717, 1.165) is 36.1 Å². The Morgan fingerprint density at radius 3 is 2.52 bits per heavy atom. The summed E-state index contributed by atoms with van der Waals surface area (Å²) in [5.74, 6) is 0.160. The molecule has 1 N–H and O–H groups in total. The van der Waals surface area contributed by atoms with Crippen molar-refractivity contribution in [1.82, 2.24) is 15.1 Å². The number of para-hydroxylation sites is 1. The van der Waals surface area contributed by atoms with E-state index in [1.54, 1.807) is 14.2 Å². The first-order chi connectivity index (χ1) is 13.0. The molecule has 1 aromatic carbocycles. The number of nitrogens with zero attached hydrogens (tertiary/aromatic N) is 2. The van der Waals surface area contributed by atoms with E-state index < -0.39 is 11.6 Å². The van der Waals surface area contributed by atoms with Crippen LogP contribution < -0.4 is 10.1 Å². The van der Waals surface area contributed by atoms with Crippen molar-refractivity contribution in [2.75, 3.05) is 20.7 Å². The molecule has 3 rings (SSSR count). The van der Waals surface area contributed by atoms with E-state index in [2.05, 4.69) is 5.32 Å². The zero-order chi connectivity index (χ0) is 19.4. The number of urea groups is 1. The van der Waals surface area contributed by atoms with E-state index in [4.69, 9.17) is 4.74 Å². The molecule has 0 bridgehead atoms. The van der Waals surface area contributed by atoms with Gasteiger partial charge in [-0.1, -0.05) is 43.9 Å². The van der Waals surface area contributed by atoms with E-state index in [-0.39, 0.29) is 18.4 Å². The summed E-state index contributed by atoms with van der Waals surface area (Å²) in [4.78, 5) is 40.5. The Labute approximate surface area is 159 Å². The number of carbonyl (C=O) groups excluding carboxylic acids is 3. The van der Waals surface area contributed by atoms with Crippen LogP contribution in [-0.2, 0) is 16.1 Å². The van der Waals surface area contributed by atoms with E-state index >= 15 is 0 Å². The molecule has 0 atom stereocenters. The van der Waals surface area contributed by atoms with Gasteiger partial charge in [-0.2, -0.15) is 0 Å². The van der Waals surface area contributed by atoms with Crippen molar-refractivity contribution in [3.05, 3.63) is 29.8 Å². The van der Waals surface area contributed by atoms with Crippen molar-refractivity contribution in [3.8, 4) is 5.75 Å². The number of benzene rings is 1. The second-order valence-corrected chi connectivity index (χ2v) is 7.38. The van der Waals surface area contributed by atoms with Crippen molar-refractivity contribution in [1.29, 1.82) is 0 Å². The van der Waals surface area contributed by atoms with Gasteiger partial charge in [0.1, 0.15) is 17.8 Å². The van der Waals surface area contributed by atoms with Crippen LogP contribution in [0.25, 0.3) is 0 Å². The fraction of sp³-hybridized carbons (Fsp3) is 0.550. The topological polar surface area (TPSA) is 79.0 Å². The van der Waals surface area contributed by atoms with Crippen molar-refractivity contribution in [2.24, 2.45) is 0 Å². The van der Waals surface area contributed by atoms with E-state index in [0.29, 0.717) is 25.1 Å². The van der Waals surface area contributed by atoms with Gasteiger partial charge in [0.25, 0.3) is 5.91 Å². The number of methoxy groups -OCH3 is 1. The zero-order valence-electron chi connectivity index (χ0n) is 16.0. The van der Waals surface area contributed by atoms with Crippen molar-refractivity contribution in [3.63, 3.8) is 0 Å². The van der Waals surface area contributed by atoms with Crippen LogP contribution in [0.2, 0.25) is 0 Å². The van der Waals surface area contributed by atoms with Crippen LogP contribution in [0, 0.1) is 0 Å². The van der Waals surface area contributed by atoms with Crippen LogP contribution in [0.5, 0.6) is 5.75 Å². The summed E-state index contributed by atoms with van der Waals surface area (Å²) >= 11 is 0. The molecule has 2 fully saturated rings. The summed E-state index contributed by atoms with van der Waals surface area (Å²) in [7, 11) is 3.24. The van der Waals surface area contributed by atoms with Gasteiger partial charge in [0.05, 0.1) is 7.11 Å². The maximum absolute atomic E-state index is 12.9. The van der Waals surface area contributed by atoms with Gasteiger partial charge in [0.15, 0.2) is 0 Å². The number of nitrogens with one attached hydrogen (secondary N) is 1. The summed E-state index contributed by atoms with van der Waals surface area (Å²) in [6.45, 7) is 0.107. The highest BCUT2D eigenvalue weighted by atomic mass is 16.5. The lowest BCUT2D eigenvalue weighted by Gasteiger charge is -2.25. The Hall–Kier alpha value is -2.57. The van der Waals surface area contributed by atoms with Crippen molar-refractivity contribution < 1.29 is 19.1 Å². The van der Waals surface area contributed by atoms with Crippen LogP contribution in [0.3, 0.4) is 0 Å². The lowest BCUT2D eigenvalue weighted by molar-refractivity contribution is -0.138. The Morgan fingerprint density at radius 2 is 1.85 bits per heavy atom. The number of rotatable bonds is 5. The molecule has 0 radical (unpaired) electrons. The molecule has 4 amide bonds. The second-order valence-electron chi connectivity index (χ2n) is 7.38. The van der Waals surface area contributed by atoms with Crippen LogP contribution in [0.4, 0.5) is 4.79 Å². The molecule has 27 heavy (non-hydrogen) atoms. The first-order valence-corrected chi connectivity index (χ1v) is 9.47. The Morgan fingerprint density at radius 1 is 1.19 bits per heavy atom. The van der Waals surface area contributed by atoms with Gasteiger partial charge in [0.2, 0.25) is 5.91 Å². The van der Waals surface area contributed by atoms with Crippen LogP contribution >= 0.6 is 0 Å². The second kappa shape index (κ2) is 7.98. The highest BCUT2D eigenvalue weighted by Gasteiger charge is 2.51. The SMILES string of the molecule is COc1ccccc1CN(C)C(=O)CN1C(=O)NC2(CCCCCC2)C1=O. The highest BCUT2D eigenvalue weighted by molar-refractivity contribution is 6.09. The van der Waals surface area contributed by atoms with Crippen LogP contribution in [0.15, 0.2) is 24.3 Å². The predicted molar refractivity (Wildman–Crippen MR) is 100 cm³/mol. The number of imide groups is 1. The largest absolute Gasteiger partial charge is 0.496 e. The number of carbonyl (C=O) groups is 3. The molecule has 146 valence electrons. The minimum Gasteiger partial charge on any atom is -0.496 e. The molecule has 0 unspecified atom stereocenters. The Kier molecular flexibility index (Phi) is 5.68. The van der Waals surface area contributed by atoms with Gasteiger partial charge >= 0.3 is 6.03 Å². The summed E-state index contributed by atoms with van der Waals surface area (Å²) in [5.41, 5.74) is 0.0584. The van der Waals surface area contributed by atoms with Gasteiger partial charge in [0, 0.05) is 19.2 Å². The lowest BCUT2D eigenvalue weighted by Crippen LogP contribution is -2.47. The molecule has 1 spiro atoms. The summed E-state index contributed by atoms with van der Waals surface area (Å²) in [6, 6.07) is 7.01. The number of ether oxygens (including phenoxy) is 1. The van der Waals surface area contributed by atoms with Gasteiger partial charge < -0.3 is 15.0 Å². The Bertz CT molecular complexity index is 726. The molecule has 1 heterocycles. The van der Waals surface area contributed by atoms with Crippen LogP contribution in [0.1, 0.15) is 44.1 Å². The Balaban J connectivity index is 1.66. The number of likely N-dealkylation sites (N-methyl/N-ethyl adjacent to an activating group) is 1. The lowest BCUT2D eigenvalue weighted by atomic mass is 9.90. The van der Waals surface area contributed by atoms with E-state index in [9.17, 15) is 14.4 Å². The first kappa shape index (κ1) is 19.2. The maximum atomic E-state index is 12.9. The van der Waals surface area contributed by atoms with Gasteiger partial charge in [-0.3, -0.25) is 14.5 Å². The standard InChI is InChI=1S/C20H27N3O4/c1-22(13-15-9-5-6-10-16(15)27-2)17(24)14-23-18(25)20(21-19(23)26)11-7-3-4-8-12-20/h5-6,9-10H,3-4,7-8,11-14H2,1-2H3,(H,21,26). The van der Waals surface area contributed by atoms with E-state index in [1.165, 1.54) is 4.90 Å². The third-order valence-corrected chi connectivity index (χ3v) is 5.52. The highest BCUT2D eigenvalue weighted by Crippen LogP contribution is 2.32. The normalized spacial score (nSPS) is 19.0. The molecule has 7 nitrogen and oxygen atoms in total. The molecule has 1 aromatic rings. The zero-order valence-corrected chi connectivity index (χ0v) is 16.0. The molecule has 7 heteroatoms. The average molecular weight is 373 g/mol. The third kappa shape index (κ3) is 3.91. The smallest absolute Gasteiger partial charge is 0.325 e. The summed E-state index contributed by atoms with van der Waals surface area (Å²) in [5, 5.41) is 2.87. The number of hydrogen-bond acceptors (Lipinski definition) is 4. The first-order valence-electron chi connectivity index (χ1n) is 9.47. The fourth-order valence-electron chi connectivity index (χ4n) is 3.92. The summed E-state index contributed by atoms with van der Waals surface area (Å²) < 4.78 is 5.31. The quantitative estimate of drug-likeness (QED) is 0.804. The third-order valence-electron chi connectivity index (χ3n) is 5.52. The van der Waals surface area contributed by atoms with Crippen molar-refractivity contribution >= 4 is 17.8 Å². The average Bonchev–Trinajstić information content (AvgIpc) is 2.83. The molecule has 0 aromatic heterocycles. The predicted octanol–water partition coefficient (Wildman–Crippen LogP) is 2.30. The molecule has 1 aliphatic heterocycles. The maximum Gasteiger partial charge on any atom is 0.325 e. The molecule has 2 aliphatic rings. The van der Waals surface area contributed by atoms with Crippen molar-refractivity contribution in [2.45, 2.75) is 50.6 Å². The fourth-order valence-corrected chi connectivity index (χ4v) is 3.92. The van der Waals surface area contributed by atoms with E-state index in [1.807, 2.05) is 24.3 Å². The monoisotopic (exact) mass is 373 g/mol. The minimum absolute atomic E-state index is 0.238. The molecular weight excluding hydrogens is 346 g/mol. The number of amides is 4. The summed E-state index contributed by atoms with van der Waals surface area (Å²) in [6.07, 6.45) is 5.29. The number of hydrogen-bond donors (Lipinski definition) is 1. The minimum atomic E-state index is -0.810. The van der Waals surface area contributed by atoms with Gasteiger partial charge in [-0.15, -0.1) is 0 Å². The molecule has 1 saturated heterocycles. The molecule has 1 saturated carbocycles. The molecular formula is C20H27N3O4.